The van der Waals surface area contributed by atoms with Crippen molar-refractivity contribution < 1.29 is 18.3 Å². The van der Waals surface area contributed by atoms with Gasteiger partial charge in [0.05, 0.1) is 12.5 Å². The van der Waals surface area contributed by atoms with E-state index in [9.17, 15) is 13.6 Å². The van der Waals surface area contributed by atoms with E-state index in [2.05, 4.69) is 20.0 Å². The molecule has 2 N–H and O–H groups in total. The average molecular weight is 295 g/mol. The lowest BCUT2D eigenvalue weighted by atomic mass is 10.1. The lowest BCUT2D eigenvalue weighted by Crippen LogP contribution is -2.28. The first-order valence-electron chi connectivity index (χ1n) is 6.37. The van der Waals surface area contributed by atoms with Crippen LogP contribution in [-0.4, -0.2) is 22.5 Å². The van der Waals surface area contributed by atoms with Crippen LogP contribution in [0.4, 0.5) is 8.78 Å². The number of carbonyl (C=O) groups is 1. The molecule has 1 aromatic carbocycles. The lowest BCUT2D eigenvalue weighted by molar-refractivity contribution is -0.121. The summed E-state index contributed by atoms with van der Waals surface area (Å²) < 4.78 is 28.3. The van der Waals surface area contributed by atoms with Gasteiger partial charge in [0.2, 0.25) is 5.91 Å². The summed E-state index contributed by atoms with van der Waals surface area (Å²) in [6.07, 6.45) is 3.44. The number of halogens is 2. The van der Waals surface area contributed by atoms with E-state index in [-0.39, 0.29) is 24.1 Å². The molecule has 0 radical (unpaired) electrons. The summed E-state index contributed by atoms with van der Waals surface area (Å²) in [5.74, 6) is 0.559. The largest absolute Gasteiger partial charge is 0.435 e. The number of aromatic nitrogens is 2. The molecule has 7 heteroatoms. The van der Waals surface area contributed by atoms with Crippen molar-refractivity contribution in [2.24, 2.45) is 0 Å². The number of H-pyrrole nitrogens is 1. The third kappa shape index (κ3) is 4.55. The maximum Gasteiger partial charge on any atom is 0.387 e. The van der Waals surface area contributed by atoms with Crippen molar-refractivity contribution in [2.75, 3.05) is 0 Å². The molecular weight excluding hydrogens is 280 g/mol. The van der Waals surface area contributed by atoms with Gasteiger partial charge in [0, 0.05) is 12.4 Å². The normalized spacial score (nSPS) is 12.2. The third-order valence-corrected chi connectivity index (χ3v) is 2.82. The smallest absolute Gasteiger partial charge is 0.387 e. The van der Waals surface area contributed by atoms with Crippen LogP contribution in [-0.2, 0) is 11.2 Å². The minimum atomic E-state index is -2.85. The van der Waals surface area contributed by atoms with Crippen molar-refractivity contribution in [3.63, 3.8) is 0 Å². The molecule has 1 atom stereocenters. The molecule has 112 valence electrons. The molecule has 0 saturated heterocycles. The fraction of sp³-hybridized carbons (Fsp3) is 0.286. The summed E-state index contributed by atoms with van der Waals surface area (Å²) in [5, 5.41) is 2.79. The molecule has 1 aromatic heterocycles. The van der Waals surface area contributed by atoms with Gasteiger partial charge < -0.3 is 15.0 Å². The van der Waals surface area contributed by atoms with Gasteiger partial charge in [-0.2, -0.15) is 8.78 Å². The Morgan fingerprint density at radius 3 is 2.67 bits per heavy atom. The van der Waals surface area contributed by atoms with E-state index in [1.807, 2.05) is 6.92 Å². The van der Waals surface area contributed by atoms with E-state index < -0.39 is 6.61 Å². The molecule has 0 bridgehead atoms. The fourth-order valence-corrected chi connectivity index (χ4v) is 1.85. The fourth-order valence-electron chi connectivity index (χ4n) is 1.85. The molecule has 0 fully saturated rings. The Hall–Kier alpha value is -2.44. The zero-order chi connectivity index (χ0) is 15.2. The van der Waals surface area contributed by atoms with E-state index in [0.717, 1.165) is 0 Å². The molecule has 0 aliphatic heterocycles. The monoisotopic (exact) mass is 295 g/mol. The predicted octanol–water partition coefficient (Wildman–Crippen LogP) is 2.43. The molecule has 0 spiro atoms. The van der Waals surface area contributed by atoms with Gasteiger partial charge in [0.25, 0.3) is 0 Å². The quantitative estimate of drug-likeness (QED) is 0.860. The topological polar surface area (TPSA) is 67.0 Å². The highest BCUT2D eigenvalue weighted by molar-refractivity contribution is 5.78. The van der Waals surface area contributed by atoms with Gasteiger partial charge in [-0.05, 0) is 24.6 Å². The Balaban J connectivity index is 1.87. The van der Waals surface area contributed by atoms with Crippen LogP contribution < -0.4 is 10.1 Å². The highest BCUT2D eigenvalue weighted by Gasteiger charge is 2.12. The van der Waals surface area contributed by atoms with E-state index >= 15 is 0 Å². The molecule has 0 saturated carbocycles. The van der Waals surface area contributed by atoms with Crippen LogP contribution >= 0.6 is 0 Å². The molecule has 1 heterocycles. The number of amides is 1. The second-order valence-electron chi connectivity index (χ2n) is 4.46. The van der Waals surface area contributed by atoms with Crippen molar-refractivity contribution in [3.8, 4) is 5.75 Å². The number of nitrogens with zero attached hydrogens (tertiary/aromatic N) is 1. The van der Waals surface area contributed by atoms with Gasteiger partial charge in [0.15, 0.2) is 0 Å². The Bertz CT molecular complexity index is 570. The highest BCUT2D eigenvalue weighted by atomic mass is 19.3. The molecule has 21 heavy (non-hydrogen) atoms. The van der Waals surface area contributed by atoms with Crippen molar-refractivity contribution in [1.82, 2.24) is 15.3 Å². The molecule has 1 amide bonds. The first-order chi connectivity index (χ1) is 10.0. The number of aromatic amines is 1. The van der Waals surface area contributed by atoms with Crippen LogP contribution in [0.15, 0.2) is 36.7 Å². The number of hydrogen-bond acceptors (Lipinski definition) is 3. The van der Waals surface area contributed by atoms with Crippen molar-refractivity contribution in [1.29, 1.82) is 0 Å². The number of imidazole rings is 1. The summed E-state index contributed by atoms with van der Waals surface area (Å²) in [5.41, 5.74) is 0.709. The van der Waals surface area contributed by atoms with E-state index in [4.69, 9.17) is 0 Å². The number of ether oxygens (including phenoxy) is 1. The van der Waals surface area contributed by atoms with Crippen molar-refractivity contribution in [3.05, 3.63) is 48.0 Å². The Morgan fingerprint density at radius 2 is 2.10 bits per heavy atom. The summed E-state index contributed by atoms with van der Waals surface area (Å²) in [6, 6.07) is 5.74. The number of carbonyl (C=O) groups excluding carboxylic acids is 1. The third-order valence-electron chi connectivity index (χ3n) is 2.82. The number of nitrogens with one attached hydrogen (secondary N) is 2. The van der Waals surface area contributed by atoms with Crippen LogP contribution in [0.1, 0.15) is 24.4 Å². The molecule has 0 aliphatic rings. The van der Waals surface area contributed by atoms with Gasteiger partial charge >= 0.3 is 6.61 Å². The van der Waals surface area contributed by atoms with E-state index in [1.54, 1.807) is 24.5 Å². The Kier molecular flexibility index (Phi) is 4.86. The number of rotatable bonds is 6. The van der Waals surface area contributed by atoms with Gasteiger partial charge in [-0.3, -0.25) is 4.79 Å². The summed E-state index contributed by atoms with van der Waals surface area (Å²) in [6.45, 7) is -1.04. The van der Waals surface area contributed by atoms with E-state index in [1.165, 1.54) is 12.1 Å². The highest BCUT2D eigenvalue weighted by Crippen LogP contribution is 2.15. The molecular formula is C14H15F2N3O2. The Morgan fingerprint density at radius 1 is 1.38 bits per heavy atom. The summed E-state index contributed by atoms with van der Waals surface area (Å²) >= 11 is 0. The number of hydrogen-bond donors (Lipinski definition) is 2. The molecule has 2 rings (SSSR count). The van der Waals surface area contributed by atoms with Crippen LogP contribution in [0.2, 0.25) is 0 Å². The van der Waals surface area contributed by atoms with Crippen LogP contribution in [0.5, 0.6) is 5.75 Å². The van der Waals surface area contributed by atoms with Crippen molar-refractivity contribution in [2.45, 2.75) is 26.0 Å². The summed E-state index contributed by atoms with van der Waals surface area (Å²) in [4.78, 5) is 18.9. The minimum Gasteiger partial charge on any atom is -0.435 e. The first-order valence-corrected chi connectivity index (χ1v) is 6.37. The molecule has 1 unspecified atom stereocenters. The second kappa shape index (κ2) is 6.83. The molecule has 2 aromatic rings. The summed E-state index contributed by atoms with van der Waals surface area (Å²) in [7, 11) is 0. The zero-order valence-electron chi connectivity index (χ0n) is 11.3. The van der Waals surface area contributed by atoms with Gasteiger partial charge in [-0.25, -0.2) is 4.98 Å². The SMILES string of the molecule is CC(NC(=O)Cc1ccc(OC(F)F)cc1)c1ncc[nH]1. The Labute approximate surface area is 120 Å². The second-order valence-corrected chi connectivity index (χ2v) is 4.46. The lowest BCUT2D eigenvalue weighted by Gasteiger charge is -2.11. The van der Waals surface area contributed by atoms with E-state index in [0.29, 0.717) is 11.4 Å². The van der Waals surface area contributed by atoms with Gasteiger partial charge in [-0.1, -0.05) is 12.1 Å². The predicted molar refractivity (Wildman–Crippen MR) is 71.9 cm³/mol. The molecule has 0 aliphatic carbocycles. The first kappa shape index (κ1) is 15.0. The zero-order valence-corrected chi connectivity index (χ0v) is 11.3. The maximum atomic E-state index is 12.0. The van der Waals surface area contributed by atoms with Crippen LogP contribution in [0.25, 0.3) is 0 Å². The van der Waals surface area contributed by atoms with Gasteiger partial charge in [0.1, 0.15) is 11.6 Å². The molecule has 5 nitrogen and oxygen atoms in total. The van der Waals surface area contributed by atoms with Crippen LogP contribution in [0.3, 0.4) is 0 Å². The number of alkyl halides is 2. The van der Waals surface area contributed by atoms with Crippen molar-refractivity contribution >= 4 is 5.91 Å². The minimum absolute atomic E-state index is 0.0677. The number of benzene rings is 1. The van der Waals surface area contributed by atoms with Gasteiger partial charge in [-0.15, -0.1) is 0 Å². The maximum absolute atomic E-state index is 12.0. The van der Waals surface area contributed by atoms with Crippen LogP contribution in [0, 0.1) is 0 Å². The average Bonchev–Trinajstić information content (AvgIpc) is 2.94. The standard InChI is InChI=1S/C14H15F2N3O2/c1-9(13-17-6-7-18-13)19-12(20)8-10-2-4-11(5-3-10)21-14(15)16/h2-7,9,14H,8H2,1H3,(H,17,18)(H,19,20).